The van der Waals surface area contributed by atoms with E-state index >= 15 is 0 Å². The minimum Gasteiger partial charge on any atom is -0.487 e. The topological polar surface area (TPSA) is 75.7 Å². The number of ether oxygens (including phenoxy) is 1. The SMILES string of the molecule is Cc1ccc(S(=O)(=O)N2CCCC2)cc1C(=O)N[C@H]1CC(C)(C)Oc2ccccc21. The predicted molar refractivity (Wildman–Crippen MR) is 115 cm³/mol. The van der Waals surface area contributed by atoms with E-state index in [0.29, 0.717) is 25.1 Å². The molecule has 1 amide bonds. The molecule has 0 aliphatic carbocycles. The summed E-state index contributed by atoms with van der Waals surface area (Å²) in [6.07, 6.45) is 2.37. The molecular weight excluding hydrogens is 400 g/mol. The Kier molecular flexibility index (Phi) is 5.36. The van der Waals surface area contributed by atoms with Crippen molar-refractivity contribution in [3.8, 4) is 5.75 Å². The predicted octanol–water partition coefficient (Wildman–Crippen LogP) is 3.81. The first-order valence-corrected chi connectivity index (χ1v) is 11.8. The number of para-hydroxylation sites is 1. The van der Waals surface area contributed by atoms with Crippen LogP contribution < -0.4 is 10.1 Å². The summed E-state index contributed by atoms with van der Waals surface area (Å²) < 4.78 is 33.4. The van der Waals surface area contributed by atoms with Crippen molar-refractivity contribution < 1.29 is 17.9 Å². The van der Waals surface area contributed by atoms with Crippen LogP contribution in [-0.2, 0) is 10.0 Å². The number of sulfonamides is 1. The highest BCUT2D eigenvalue weighted by Crippen LogP contribution is 2.39. The van der Waals surface area contributed by atoms with Crippen molar-refractivity contribution in [1.82, 2.24) is 9.62 Å². The van der Waals surface area contributed by atoms with Crippen LogP contribution in [0.2, 0.25) is 0 Å². The van der Waals surface area contributed by atoms with Crippen LogP contribution in [0.4, 0.5) is 0 Å². The van der Waals surface area contributed by atoms with E-state index in [4.69, 9.17) is 4.74 Å². The van der Waals surface area contributed by atoms with E-state index in [1.165, 1.54) is 10.4 Å². The molecule has 1 atom stereocenters. The lowest BCUT2D eigenvalue weighted by molar-refractivity contribution is 0.0619. The molecule has 0 saturated carbocycles. The summed E-state index contributed by atoms with van der Waals surface area (Å²) in [7, 11) is -3.58. The van der Waals surface area contributed by atoms with Gasteiger partial charge in [-0.25, -0.2) is 8.42 Å². The molecule has 1 N–H and O–H groups in total. The summed E-state index contributed by atoms with van der Waals surface area (Å²) in [5.74, 6) is 0.490. The van der Waals surface area contributed by atoms with Crippen molar-refractivity contribution in [2.75, 3.05) is 13.1 Å². The minimum absolute atomic E-state index is 0.174. The van der Waals surface area contributed by atoms with Crippen LogP contribution in [-0.4, -0.2) is 37.3 Å². The number of aryl methyl sites for hydroxylation is 1. The van der Waals surface area contributed by atoms with Crippen molar-refractivity contribution in [2.45, 2.75) is 56.6 Å². The van der Waals surface area contributed by atoms with Crippen LogP contribution in [0.15, 0.2) is 47.4 Å². The average Bonchev–Trinajstić information content (AvgIpc) is 3.23. The lowest BCUT2D eigenvalue weighted by Crippen LogP contribution is -2.41. The molecule has 0 unspecified atom stereocenters. The Hall–Kier alpha value is -2.38. The van der Waals surface area contributed by atoms with E-state index < -0.39 is 15.6 Å². The molecule has 0 radical (unpaired) electrons. The van der Waals surface area contributed by atoms with Crippen molar-refractivity contribution >= 4 is 15.9 Å². The van der Waals surface area contributed by atoms with Crippen LogP contribution in [0.5, 0.6) is 5.75 Å². The molecule has 2 aliphatic rings. The zero-order chi connectivity index (χ0) is 21.5. The van der Waals surface area contributed by atoms with Gasteiger partial charge in [-0.15, -0.1) is 0 Å². The number of hydrogen-bond donors (Lipinski definition) is 1. The van der Waals surface area contributed by atoms with E-state index in [-0.39, 0.29) is 16.8 Å². The number of carbonyl (C=O) groups excluding carboxylic acids is 1. The van der Waals surface area contributed by atoms with E-state index in [1.807, 2.05) is 45.0 Å². The monoisotopic (exact) mass is 428 g/mol. The van der Waals surface area contributed by atoms with Crippen molar-refractivity contribution in [2.24, 2.45) is 0 Å². The molecular formula is C23H28N2O4S. The van der Waals surface area contributed by atoms with Gasteiger partial charge in [0.25, 0.3) is 5.91 Å². The first kappa shape index (κ1) is 20.9. The molecule has 6 nitrogen and oxygen atoms in total. The molecule has 2 aromatic rings. The summed E-state index contributed by atoms with van der Waals surface area (Å²) in [5.41, 5.74) is 1.65. The van der Waals surface area contributed by atoms with Crippen molar-refractivity contribution in [3.63, 3.8) is 0 Å². The van der Waals surface area contributed by atoms with Gasteiger partial charge in [-0.3, -0.25) is 4.79 Å². The summed E-state index contributed by atoms with van der Waals surface area (Å²) >= 11 is 0. The van der Waals surface area contributed by atoms with Crippen LogP contribution in [0.25, 0.3) is 0 Å². The third kappa shape index (κ3) is 3.96. The van der Waals surface area contributed by atoms with Gasteiger partial charge in [0.05, 0.1) is 10.9 Å². The highest BCUT2D eigenvalue weighted by atomic mass is 32.2. The van der Waals surface area contributed by atoms with Crippen LogP contribution in [0, 0.1) is 6.92 Å². The molecule has 0 bridgehead atoms. The van der Waals surface area contributed by atoms with Gasteiger partial charge < -0.3 is 10.1 Å². The normalized spacial score (nSPS) is 21.0. The quantitative estimate of drug-likeness (QED) is 0.803. The fourth-order valence-electron chi connectivity index (χ4n) is 4.25. The van der Waals surface area contributed by atoms with Gasteiger partial charge >= 0.3 is 0 Å². The minimum atomic E-state index is -3.58. The van der Waals surface area contributed by atoms with E-state index in [1.54, 1.807) is 12.1 Å². The molecule has 4 rings (SSSR count). The fraction of sp³-hybridized carbons (Fsp3) is 0.435. The Labute approximate surface area is 178 Å². The molecule has 1 fully saturated rings. The van der Waals surface area contributed by atoms with E-state index in [2.05, 4.69) is 5.32 Å². The lowest BCUT2D eigenvalue weighted by atomic mass is 9.89. The van der Waals surface area contributed by atoms with Crippen LogP contribution in [0.1, 0.15) is 60.6 Å². The zero-order valence-electron chi connectivity index (χ0n) is 17.6. The first-order valence-electron chi connectivity index (χ1n) is 10.4. The van der Waals surface area contributed by atoms with Gasteiger partial charge in [0, 0.05) is 30.6 Å². The second-order valence-corrected chi connectivity index (χ2v) is 10.7. The third-order valence-electron chi connectivity index (χ3n) is 5.84. The van der Waals surface area contributed by atoms with Crippen molar-refractivity contribution in [1.29, 1.82) is 0 Å². The van der Waals surface area contributed by atoms with Gasteiger partial charge in [-0.2, -0.15) is 4.31 Å². The number of rotatable bonds is 4. The van der Waals surface area contributed by atoms with Crippen molar-refractivity contribution in [3.05, 3.63) is 59.2 Å². The van der Waals surface area contributed by atoms with Gasteiger partial charge in [-0.1, -0.05) is 24.3 Å². The zero-order valence-corrected chi connectivity index (χ0v) is 18.5. The molecule has 2 aliphatic heterocycles. The molecule has 7 heteroatoms. The van der Waals surface area contributed by atoms with Gasteiger partial charge in [0.2, 0.25) is 10.0 Å². The van der Waals surface area contributed by atoms with Gasteiger partial charge in [0.15, 0.2) is 0 Å². The van der Waals surface area contributed by atoms with Gasteiger partial charge in [0.1, 0.15) is 11.4 Å². The highest BCUT2D eigenvalue weighted by molar-refractivity contribution is 7.89. The molecule has 0 spiro atoms. The average molecular weight is 429 g/mol. The summed E-state index contributed by atoms with van der Waals surface area (Å²) in [4.78, 5) is 13.4. The summed E-state index contributed by atoms with van der Waals surface area (Å²) in [6.45, 7) is 6.88. The maximum Gasteiger partial charge on any atom is 0.252 e. The number of nitrogens with one attached hydrogen (secondary N) is 1. The Morgan fingerprint density at radius 3 is 2.57 bits per heavy atom. The largest absolute Gasteiger partial charge is 0.487 e. The summed E-state index contributed by atoms with van der Waals surface area (Å²) in [6, 6.07) is 12.3. The second-order valence-electron chi connectivity index (χ2n) is 8.72. The smallest absolute Gasteiger partial charge is 0.252 e. The van der Waals surface area contributed by atoms with E-state index in [9.17, 15) is 13.2 Å². The molecule has 30 heavy (non-hydrogen) atoms. The molecule has 0 aromatic heterocycles. The summed E-state index contributed by atoms with van der Waals surface area (Å²) in [5, 5.41) is 3.11. The highest BCUT2D eigenvalue weighted by Gasteiger charge is 2.35. The Morgan fingerprint density at radius 1 is 1.13 bits per heavy atom. The number of benzene rings is 2. The third-order valence-corrected chi connectivity index (χ3v) is 7.73. The van der Waals surface area contributed by atoms with Gasteiger partial charge in [-0.05, 0) is 57.4 Å². The number of carbonyl (C=O) groups is 1. The maximum absolute atomic E-state index is 13.2. The molecule has 160 valence electrons. The molecule has 1 saturated heterocycles. The first-order chi connectivity index (χ1) is 14.2. The number of hydrogen-bond acceptors (Lipinski definition) is 4. The number of amides is 1. The van der Waals surface area contributed by atoms with E-state index in [0.717, 1.165) is 29.7 Å². The Balaban J connectivity index is 1.63. The fourth-order valence-corrected chi connectivity index (χ4v) is 5.79. The van der Waals surface area contributed by atoms with Crippen LogP contribution >= 0.6 is 0 Å². The molecule has 2 aromatic carbocycles. The number of nitrogens with zero attached hydrogens (tertiary/aromatic N) is 1. The second kappa shape index (κ2) is 7.71. The Morgan fingerprint density at radius 2 is 1.83 bits per heavy atom. The maximum atomic E-state index is 13.2. The standard InChI is InChI=1S/C23H28N2O4S/c1-16-10-11-17(30(27,28)25-12-6-7-13-25)14-19(16)22(26)24-20-15-23(2,3)29-21-9-5-4-8-18(20)21/h4-5,8-11,14,20H,6-7,12-13,15H2,1-3H3,(H,24,26)/t20-/m0/s1. The van der Waals surface area contributed by atoms with Crippen LogP contribution in [0.3, 0.4) is 0 Å². The molecule has 2 heterocycles. The number of fused-ring (bicyclic) bond motifs is 1. The lowest BCUT2D eigenvalue weighted by Gasteiger charge is -2.38. The Bertz CT molecular complexity index is 1070.